The summed E-state index contributed by atoms with van der Waals surface area (Å²) in [5.74, 6) is -1.31. The molecule has 6 nitrogen and oxygen atoms in total. The number of fused-ring (bicyclic) bond motifs is 1. The van der Waals surface area contributed by atoms with E-state index in [1.165, 1.54) is 0 Å². The summed E-state index contributed by atoms with van der Waals surface area (Å²) in [5.41, 5.74) is 7.70. The lowest BCUT2D eigenvalue weighted by molar-refractivity contribution is -0.133. The van der Waals surface area contributed by atoms with Gasteiger partial charge in [-0.1, -0.05) is 48.5 Å². The number of aromatic amines is 1. The largest absolute Gasteiger partial charge is 0.378 e. The van der Waals surface area contributed by atoms with Gasteiger partial charge in [0, 0.05) is 23.5 Å². The van der Waals surface area contributed by atoms with E-state index >= 15 is 0 Å². The Kier molecular flexibility index (Phi) is 4.81. The quantitative estimate of drug-likeness (QED) is 0.546. The molecule has 6 heteroatoms. The zero-order valence-corrected chi connectivity index (χ0v) is 13.5. The van der Waals surface area contributed by atoms with Crippen LogP contribution in [-0.4, -0.2) is 27.9 Å². The van der Waals surface area contributed by atoms with Crippen LogP contribution in [0.4, 0.5) is 0 Å². The van der Waals surface area contributed by atoms with Crippen molar-refractivity contribution < 1.29 is 14.7 Å². The van der Waals surface area contributed by atoms with Crippen molar-refractivity contribution in [2.24, 2.45) is 5.73 Å². The van der Waals surface area contributed by atoms with Gasteiger partial charge in [0.05, 0.1) is 0 Å². The maximum atomic E-state index is 12.3. The van der Waals surface area contributed by atoms with Crippen molar-refractivity contribution in [3.8, 4) is 0 Å². The molecule has 0 fully saturated rings. The minimum atomic E-state index is -1.36. The topological polar surface area (TPSA) is 108 Å². The Hall–Kier alpha value is -3.12. The van der Waals surface area contributed by atoms with Crippen LogP contribution in [0, 0.1) is 0 Å². The Balaban J connectivity index is 1.75. The van der Waals surface area contributed by atoms with E-state index in [9.17, 15) is 14.7 Å². The summed E-state index contributed by atoms with van der Waals surface area (Å²) in [6.45, 7) is 0. The van der Waals surface area contributed by atoms with Crippen LogP contribution in [0.3, 0.4) is 0 Å². The first-order chi connectivity index (χ1) is 12.1. The Bertz CT molecular complexity index is 889. The van der Waals surface area contributed by atoms with E-state index in [1.807, 2.05) is 24.3 Å². The molecule has 3 rings (SSSR count). The van der Waals surface area contributed by atoms with Crippen molar-refractivity contribution in [2.75, 3.05) is 0 Å². The lowest BCUT2D eigenvalue weighted by Crippen LogP contribution is -2.47. The number of nitrogens with two attached hydrogens (primary N) is 1. The van der Waals surface area contributed by atoms with Crippen LogP contribution in [-0.2, 0) is 16.0 Å². The van der Waals surface area contributed by atoms with Crippen molar-refractivity contribution in [3.05, 3.63) is 71.9 Å². The first-order valence-electron chi connectivity index (χ1n) is 7.94. The Morgan fingerprint density at radius 3 is 2.48 bits per heavy atom. The molecule has 1 aromatic heterocycles. The molecule has 0 aliphatic rings. The van der Waals surface area contributed by atoms with Crippen LogP contribution in [0.25, 0.3) is 10.9 Å². The Morgan fingerprint density at radius 2 is 1.76 bits per heavy atom. The average Bonchev–Trinajstić information content (AvgIpc) is 3.04. The molecular weight excluding hydrogens is 318 g/mol. The highest BCUT2D eigenvalue weighted by molar-refractivity contribution is 5.90. The van der Waals surface area contributed by atoms with Gasteiger partial charge < -0.3 is 21.1 Å². The van der Waals surface area contributed by atoms with E-state index in [-0.39, 0.29) is 6.42 Å². The van der Waals surface area contributed by atoms with Crippen molar-refractivity contribution >= 4 is 22.7 Å². The highest BCUT2D eigenvalue weighted by atomic mass is 16.3. The van der Waals surface area contributed by atoms with Crippen molar-refractivity contribution in [1.29, 1.82) is 0 Å². The number of amides is 2. The molecule has 5 N–H and O–H groups in total. The van der Waals surface area contributed by atoms with E-state index < -0.39 is 24.0 Å². The van der Waals surface area contributed by atoms with Crippen molar-refractivity contribution in [2.45, 2.75) is 18.6 Å². The van der Waals surface area contributed by atoms with Crippen LogP contribution >= 0.6 is 0 Å². The van der Waals surface area contributed by atoms with Gasteiger partial charge >= 0.3 is 0 Å². The van der Waals surface area contributed by atoms with Crippen LogP contribution in [0.2, 0.25) is 0 Å². The average molecular weight is 337 g/mol. The molecular formula is C19H19N3O3. The minimum absolute atomic E-state index is 0.243. The molecule has 0 radical (unpaired) electrons. The number of hydrogen-bond acceptors (Lipinski definition) is 3. The van der Waals surface area contributed by atoms with Gasteiger partial charge in [0.1, 0.15) is 6.04 Å². The zero-order chi connectivity index (χ0) is 17.8. The summed E-state index contributed by atoms with van der Waals surface area (Å²) < 4.78 is 0. The van der Waals surface area contributed by atoms with E-state index in [0.29, 0.717) is 5.56 Å². The SMILES string of the molecule is NC(=O)[C@@H](Cc1c[nH]c2ccccc12)NC(=O)[C@@H](O)c1ccccc1. The summed E-state index contributed by atoms with van der Waals surface area (Å²) in [6, 6.07) is 15.3. The monoisotopic (exact) mass is 337 g/mol. The maximum absolute atomic E-state index is 12.3. The molecule has 1 heterocycles. The van der Waals surface area contributed by atoms with E-state index in [2.05, 4.69) is 10.3 Å². The minimum Gasteiger partial charge on any atom is -0.378 e. The van der Waals surface area contributed by atoms with Crippen LogP contribution in [0.15, 0.2) is 60.8 Å². The molecule has 128 valence electrons. The Labute approximate surface area is 144 Å². The van der Waals surface area contributed by atoms with E-state index in [1.54, 1.807) is 36.5 Å². The van der Waals surface area contributed by atoms with E-state index in [4.69, 9.17) is 5.73 Å². The highest BCUT2D eigenvalue weighted by Crippen LogP contribution is 2.19. The molecule has 25 heavy (non-hydrogen) atoms. The molecule has 0 spiro atoms. The summed E-state index contributed by atoms with van der Waals surface area (Å²) in [6.07, 6.45) is 0.679. The second-order valence-corrected chi connectivity index (χ2v) is 5.84. The zero-order valence-electron chi connectivity index (χ0n) is 13.5. The van der Waals surface area contributed by atoms with Gasteiger partial charge in [-0.3, -0.25) is 9.59 Å². The summed E-state index contributed by atoms with van der Waals surface area (Å²) >= 11 is 0. The number of carbonyl (C=O) groups excluding carboxylic acids is 2. The predicted octanol–water partition coefficient (Wildman–Crippen LogP) is 1.41. The number of rotatable bonds is 6. The predicted molar refractivity (Wildman–Crippen MR) is 94.5 cm³/mol. The summed E-state index contributed by atoms with van der Waals surface area (Å²) in [4.78, 5) is 27.2. The van der Waals surface area contributed by atoms with Gasteiger partial charge in [-0.2, -0.15) is 0 Å². The number of H-pyrrole nitrogens is 1. The Morgan fingerprint density at radius 1 is 1.08 bits per heavy atom. The van der Waals surface area contributed by atoms with Gasteiger partial charge in [0.15, 0.2) is 6.10 Å². The number of nitrogens with one attached hydrogen (secondary N) is 2. The highest BCUT2D eigenvalue weighted by Gasteiger charge is 2.24. The van der Waals surface area contributed by atoms with Crippen LogP contribution in [0.1, 0.15) is 17.2 Å². The number of carbonyl (C=O) groups is 2. The van der Waals surface area contributed by atoms with Gasteiger partial charge in [0.2, 0.25) is 5.91 Å². The number of hydrogen-bond donors (Lipinski definition) is 4. The van der Waals surface area contributed by atoms with E-state index in [0.717, 1.165) is 16.5 Å². The molecule has 0 unspecified atom stereocenters. The third kappa shape index (κ3) is 3.70. The first kappa shape index (κ1) is 16.7. The summed E-state index contributed by atoms with van der Waals surface area (Å²) in [7, 11) is 0. The first-order valence-corrected chi connectivity index (χ1v) is 7.94. The summed E-state index contributed by atoms with van der Waals surface area (Å²) in [5, 5.41) is 13.7. The molecule has 0 saturated carbocycles. The maximum Gasteiger partial charge on any atom is 0.254 e. The molecule has 2 amide bonds. The third-order valence-electron chi connectivity index (χ3n) is 4.12. The third-order valence-corrected chi connectivity index (χ3v) is 4.12. The molecule has 0 saturated heterocycles. The molecule has 3 aromatic rings. The normalized spacial score (nSPS) is 13.3. The number of benzene rings is 2. The van der Waals surface area contributed by atoms with Gasteiger partial charge in [0.25, 0.3) is 5.91 Å². The van der Waals surface area contributed by atoms with Crippen molar-refractivity contribution in [1.82, 2.24) is 10.3 Å². The number of primary amides is 1. The second kappa shape index (κ2) is 7.19. The smallest absolute Gasteiger partial charge is 0.254 e. The van der Waals surface area contributed by atoms with Crippen LogP contribution < -0.4 is 11.1 Å². The molecule has 2 atom stereocenters. The molecule has 2 aromatic carbocycles. The van der Waals surface area contributed by atoms with Gasteiger partial charge in [-0.15, -0.1) is 0 Å². The lowest BCUT2D eigenvalue weighted by Gasteiger charge is -2.18. The number of para-hydroxylation sites is 1. The van der Waals surface area contributed by atoms with Crippen LogP contribution in [0.5, 0.6) is 0 Å². The molecule has 0 aliphatic carbocycles. The van der Waals surface area contributed by atoms with Crippen molar-refractivity contribution in [3.63, 3.8) is 0 Å². The van der Waals surface area contributed by atoms with Gasteiger partial charge in [-0.05, 0) is 17.2 Å². The number of aliphatic hydroxyl groups excluding tert-OH is 1. The fourth-order valence-corrected chi connectivity index (χ4v) is 2.78. The standard InChI is InChI=1S/C19H19N3O3/c20-18(24)16(10-13-11-21-15-9-5-4-8-14(13)15)22-19(25)17(23)12-6-2-1-3-7-12/h1-9,11,16-17,21,23H,10H2,(H2,20,24)(H,22,25)/t16-,17+/m1/s1. The second-order valence-electron chi connectivity index (χ2n) is 5.84. The number of aliphatic hydroxyl groups is 1. The van der Waals surface area contributed by atoms with Gasteiger partial charge in [-0.25, -0.2) is 0 Å². The number of aromatic nitrogens is 1. The molecule has 0 bridgehead atoms. The fraction of sp³-hybridized carbons (Fsp3) is 0.158. The lowest BCUT2D eigenvalue weighted by atomic mass is 10.0. The molecule has 0 aliphatic heterocycles. The fourth-order valence-electron chi connectivity index (χ4n) is 2.78.